The van der Waals surface area contributed by atoms with Crippen molar-refractivity contribution in [2.24, 2.45) is 4.99 Å². The van der Waals surface area contributed by atoms with Gasteiger partial charge in [-0.25, -0.2) is 4.39 Å². The molecule has 8 heteroatoms. The molecule has 2 aliphatic rings. The average Bonchev–Trinajstić information content (AvgIpc) is 2.80. The fraction of sp³-hybridized carbons (Fsp3) is 0.478. The SMILES string of the molecule is CCOCCN1CC(=NCCN2CCOCC2)Nc2cnc(-c3ccc(F)cc3)cc21. The molecule has 0 unspecified atom stereocenters. The number of amidine groups is 1. The summed E-state index contributed by atoms with van der Waals surface area (Å²) in [6.07, 6.45) is 1.83. The van der Waals surface area contributed by atoms with Crippen LogP contribution in [0.1, 0.15) is 6.92 Å². The average molecular weight is 428 g/mol. The Kier molecular flexibility index (Phi) is 7.45. The van der Waals surface area contributed by atoms with E-state index in [0.29, 0.717) is 19.8 Å². The smallest absolute Gasteiger partial charge is 0.123 e. The van der Waals surface area contributed by atoms with E-state index in [1.165, 1.54) is 12.1 Å². The maximum absolute atomic E-state index is 13.3. The van der Waals surface area contributed by atoms with Crippen molar-refractivity contribution in [1.29, 1.82) is 0 Å². The molecule has 4 rings (SSSR count). The van der Waals surface area contributed by atoms with E-state index in [9.17, 15) is 4.39 Å². The first kappa shape index (κ1) is 21.7. The van der Waals surface area contributed by atoms with Gasteiger partial charge in [-0.05, 0) is 37.3 Å². The van der Waals surface area contributed by atoms with Gasteiger partial charge in [0, 0.05) is 38.3 Å². The molecule has 2 aliphatic heterocycles. The molecule has 0 aliphatic carbocycles. The summed E-state index contributed by atoms with van der Waals surface area (Å²) in [7, 11) is 0. The van der Waals surface area contributed by atoms with Crippen LogP contribution in [0.3, 0.4) is 0 Å². The Labute approximate surface area is 182 Å². The predicted octanol–water partition coefficient (Wildman–Crippen LogP) is 2.89. The Hall–Kier alpha value is -2.55. The summed E-state index contributed by atoms with van der Waals surface area (Å²) >= 11 is 0. The quantitative estimate of drug-likeness (QED) is 0.654. The normalized spacial score (nSPS) is 18.1. The van der Waals surface area contributed by atoms with Crippen LogP contribution >= 0.6 is 0 Å². The number of aliphatic imine (C=N–C) groups is 1. The van der Waals surface area contributed by atoms with Gasteiger partial charge in [-0.1, -0.05) is 0 Å². The highest BCUT2D eigenvalue weighted by atomic mass is 19.1. The van der Waals surface area contributed by atoms with E-state index in [4.69, 9.17) is 14.5 Å². The molecule has 2 aromatic rings. The third-order valence-electron chi connectivity index (χ3n) is 5.51. The second-order valence-corrected chi connectivity index (χ2v) is 7.62. The van der Waals surface area contributed by atoms with Crippen LogP contribution in [0.2, 0.25) is 0 Å². The summed E-state index contributed by atoms with van der Waals surface area (Å²) in [4.78, 5) is 14.1. The molecule has 0 bridgehead atoms. The lowest BCUT2D eigenvalue weighted by atomic mass is 10.1. The summed E-state index contributed by atoms with van der Waals surface area (Å²) in [6.45, 7) is 10.0. The van der Waals surface area contributed by atoms with Crippen LogP contribution in [-0.2, 0) is 9.47 Å². The number of morpholine rings is 1. The fourth-order valence-electron chi connectivity index (χ4n) is 3.80. The van der Waals surface area contributed by atoms with Crippen LogP contribution in [-0.4, -0.2) is 81.4 Å². The van der Waals surface area contributed by atoms with Crippen LogP contribution in [0.5, 0.6) is 0 Å². The number of aromatic nitrogens is 1. The third-order valence-corrected chi connectivity index (χ3v) is 5.51. The summed E-state index contributed by atoms with van der Waals surface area (Å²) in [5, 5.41) is 3.44. The van der Waals surface area contributed by atoms with Crippen LogP contribution in [0.15, 0.2) is 41.5 Å². The van der Waals surface area contributed by atoms with Crippen LogP contribution in [0.4, 0.5) is 15.8 Å². The molecule has 31 heavy (non-hydrogen) atoms. The van der Waals surface area contributed by atoms with Gasteiger partial charge in [-0.15, -0.1) is 0 Å². The van der Waals surface area contributed by atoms with Gasteiger partial charge in [0.1, 0.15) is 11.7 Å². The van der Waals surface area contributed by atoms with Gasteiger partial charge in [0.25, 0.3) is 0 Å². The Morgan fingerprint density at radius 1 is 1.19 bits per heavy atom. The highest BCUT2D eigenvalue weighted by molar-refractivity contribution is 6.04. The van der Waals surface area contributed by atoms with E-state index in [1.54, 1.807) is 12.1 Å². The van der Waals surface area contributed by atoms with Gasteiger partial charge >= 0.3 is 0 Å². The number of rotatable bonds is 8. The number of nitrogens with zero attached hydrogens (tertiary/aromatic N) is 4. The monoisotopic (exact) mass is 427 g/mol. The van der Waals surface area contributed by atoms with Crippen molar-refractivity contribution < 1.29 is 13.9 Å². The Morgan fingerprint density at radius 2 is 2.00 bits per heavy atom. The van der Waals surface area contributed by atoms with E-state index >= 15 is 0 Å². The molecule has 0 amide bonds. The molecule has 0 spiro atoms. The molecule has 1 aromatic carbocycles. The molecule has 0 saturated carbocycles. The van der Waals surface area contributed by atoms with Crippen molar-refractivity contribution in [2.45, 2.75) is 6.92 Å². The number of benzene rings is 1. The zero-order chi connectivity index (χ0) is 21.5. The highest BCUT2D eigenvalue weighted by Crippen LogP contribution is 2.32. The molecule has 0 radical (unpaired) electrons. The molecule has 3 heterocycles. The number of halogens is 1. The first-order valence-corrected chi connectivity index (χ1v) is 10.9. The van der Waals surface area contributed by atoms with Gasteiger partial charge in [0.05, 0.1) is 56.2 Å². The molecule has 166 valence electrons. The largest absolute Gasteiger partial charge is 0.380 e. The van der Waals surface area contributed by atoms with Gasteiger partial charge in [0.15, 0.2) is 0 Å². The number of pyridine rings is 1. The van der Waals surface area contributed by atoms with Crippen molar-refractivity contribution in [3.8, 4) is 11.3 Å². The number of nitrogens with one attached hydrogen (secondary N) is 1. The number of ether oxygens (including phenoxy) is 2. The maximum atomic E-state index is 13.3. The zero-order valence-electron chi connectivity index (χ0n) is 18.0. The standard InChI is InChI=1S/C23H30FN5O2/c1-2-30-14-11-29-17-23(25-7-8-28-9-12-31-13-10-28)27-21-16-26-20(15-22(21)29)18-3-5-19(24)6-4-18/h3-6,15-16H,2,7-14,17H2,1H3,(H,25,27). The summed E-state index contributed by atoms with van der Waals surface area (Å²) in [5.74, 6) is 0.688. The van der Waals surface area contributed by atoms with Crippen LogP contribution in [0.25, 0.3) is 11.3 Å². The van der Waals surface area contributed by atoms with Gasteiger partial charge in [0.2, 0.25) is 0 Å². The van der Waals surface area contributed by atoms with E-state index in [1.807, 2.05) is 19.2 Å². The second-order valence-electron chi connectivity index (χ2n) is 7.62. The second kappa shape index (κ2) is 10.7. The fourth-order valence-corrected chi connectivity index (χ4v) is 3.80. The predicted molar refractivity (Wildman–Crippen MR) is 122 cm³/mol. The maximum Gasteiger partial charge on any atom is 0.123 e. The third kappa shape index (κ3) is 5.78. The van der Waals surface area contributed by atoms with E-state index < -0.39 is 0 Å². The number of hydrogen-bond donors (Lipinski definition) is 1. The minimum Gasteiger partial charge on any atom is -0.380 e. The van der Waals surface area contributed by atoms with Crippen molar-refractivity contribution in [2.75, 3.05) is 75.9 Å². The topological polar surface area (TPSA) is 62.2 Å². The van der Waals surface area contributed by atoms with Gasteiger partial charge in [-0.2, -0.15) is 0 Å². The molecular formula is C23H30FN5O2. The van der Waals surface area contributed by atoms with Gasteiger partial charge < -0.3 is 19.7 Å². The summed E-state index contributed by atoms with van der Waals surface area (Å²) in [5.41, 5.74) is 3.69. The zero-order valence-corrected chi connectivity index (χ0v) is 18.0. The lowest BCUT2D eigenvalue weighted by Crippen LogP contribution is -2.41. The summed E-state index contributed by atoms with van der Waals surface area (Å²) < 4.78 is 24.3. The Bertz CT molecular complexity index is 884. The first-order valence-electron chi connectivity index (χ1n) is 10.9. The highest BCUT2D eigenvalue weighted by Gasteiger charge is 2.22. The van der Waals surface area contributed by atoms with E-state index in [2.05, 4.69) is 20.1 Å². The molecule has 1 aromatic heterocycles. The minimum absolute atomic E-state index is 0.250. The first-order chi connectivity index (χ1) is 15.2. The number of fused-ring (bicyclic) bond motifs is 1. The van der Waals surface area contributed by atoms with Crippen molar-refractivity contribution in [3.05, 3.63) is 42.3 Å². The van der Waals surface area contributed by atoms with E-state index in [0.717, 1.165) is 74.4 Å². The molecule has 1 fully saturated rings. The lowest BCUT2D eigenvalue weighted by Gasteiger charge is -2.33. The Balaban J connectivity index is 1.50. The molecular weight excluding hydrogens is 397 g/mol. The lowest BCUT2D eigenvalue weighted by molar-refractivity contribution is 0.0394. The van der Waals surface area contributed by atoms with Gasteiger partial charge in [-0.3, -0.25) is 14.9 Å². The number of hydrogen-bond acceptors (Lipinski definition) is 6. The van der Waals surface area contributed by atoms with Crippen molar-refractivity contribution in [1.82, 2.24) is 9.88 Å². The van der Waals surface area contributed by atoms with Crippen LogP contribution in [0, 0.1) is 5.82 Å². The summed E-state index contributed by atoms with van der Waals surface area (Å²) in [6, 6.07) is 8.47. The Morgan fingerprint density at radius 3 is 2.77 bits per heavy atom. The van der Waals surface area contributed by atoms with Crippen molar-refractivity contribution in [3.63, 3.8) is 0 Å². The van der Waals surface area contributed by atoms with E-state index in [-0.39, 0.29) is 5.82 Å². The molecule has 1 N–H and O–H groups in total. The van der Waals surface area contributed by atoms with Crippen molar-refractivity contribution >= 4 is 17.2 Å². The van der Waals surface area contributed by atoms with Crippen LogP contribution < -0.4 is 10.2 Å². The number of anilines is 2. The molecule has 7 nitrogen and oxygen atoms in total. The minimum atomic E-state index is -0.250. The molecule has 1 saturated heterocycles. The molecule has 0 atom stereocenters.